The molecule has 0 aliphatic carbocycles. The Labute approximate surface area is 173 Å². The van der Waals surface area contributed by atoms with E-state index >= 15 is 0 Å². The van der Waals surface area contributed by atoms with Gasteiger partial charge < -0.3 is 15.0 Å². The van der Waals surface area contributed by atoms with Crippen molar-refractivity contribution >= 4 is 33.4 Å². The lowest BCUT2D eigenvalue weighted by atomic mass is 9.96. The van der Waals surface area contributed by atoms with Crippen LogP contribution in [0.1, 0.15) is 47.0 Å². The molecule has 2 rings (SSSR count). The van der Waals surface area contributed by atoms with Gasteiger partial charge in [0, 0.05) is 30.4 Å². The molecule has 1 aromatic rings. The van der Waals surface area contributed by atoms with Crippen molar-refractivity contribution in [2.75, 3.05) is 28.9 Å². The number of likely N-dealkylation sites (tertiary alicyclic amines) is 1. The zero-order chi connectivity index (χ0) is 21.7. The summed E-state index contributed by atoms with van der Waals surface area (Å²) < 4.78 is 31.5. The fourth-order valence-corrected chi connectivity index (χ4v) is 4.15. The molecule has 9 heteroatoms. The first-order chi connectivity index (χ1) is 13.5. The molecule has 1 fully saturated rings. The number of nitrogens with zero attached hydrogens (tertiary/aromatic N) is 1. The number of carbonyl (C=O) groups excluding carboxylic acids is 2. The second-order valence-corrected chi connectivity index (χ2v) is 10.1. The number of anilines is 2. The van der Waals surface area contributed by atoms with Gasteiger partial charge in [0.1, 0.15) is 5.60 Å². The first kappa shape index (κ1) is 23.0. The molecule has 2 amide bonds. The van der Waals surface area contributed by atoms with Crippen LogP contribution in [-0.4, -0.2) is 49.8 Å². The summed E-state index contributed by atoms with van der Waals surface area (Å²) in [7, 11) is -3.34. The highest BCUT2D eigenvalue weighted by Gasteiger charge is 2.29. The molecule has 0 atom stereocenters. The molecule has 0 radical (unpaired) electrons. The van der Waals surface area contributed by atoms with Gasteiger partial charge in [0.2, 0.25) is 15.9 Å². The van der Waals surface area contributed by atoms with Crippen LogP contribution in [-0.2, 0) is 19.6 Å². The zero-order valence-corrected chi connectivity index (χ0v) is 18.3. The Balaban J connectivity index is 1.84. The minimum atomic E-state index is -3.34. The predicted octanol–water partition coefficient (Wildman–Crippen LogP) is 3.42. The average molecular weight is 426 g/mol. The van der Waals surface area contributed by atoms with Crippen molar-refractivity contribution < 1.29 is 22.7 Å². The van der Waals surface area contributed by atoms with Gasteiger partial charge in [0.05, 0.1) is 5.75 Å². The van der Waals surface area contributed by atoms with E-state index in [0.717, 1.165) is 0 Å². The van der Waals surface area contributed by atoms with E-state index in [1.54, 1.807) is 36.1 Å². The third kappa shape index (κ3) is 7.56. The Kier molecular flexibility index (Phi) is 7.51. The molecule has 1 saturated heterocycles. The largest absolute Gasteiger partial charge is 0.444 e. The Morgan fingerprint density at radius 3 is 2.17 bits per heavy atom. The van der Waals surface area contributed by atoms with Gasteiger partial charge in [-0.1, -0.05) is 6.92 Å². The van der Waals surface area contributed by atoms with E-state index < -0.39 is 15.6 Å². The van der Waals surface area contributed by atoms with Crippen LogP contribution in [0.5, 0.6) is 0 Å². The summed E-state index contributed by atoms with van der Waals surface area (Å²) in [6, 6.07) is 6.57. The van der Waals surface area contributed by atoms with Crippen molar-refractivity contribution in [2.24, 2.45) is 5.92 Å². The summed E-state index contributed by atoms with van der Waals surface area (Å²) in [6.45, 7) is 8.23. The maximum Gasteiger partial charge on any atom is 0.410 e. The number of hydrogen-bond acceptors (Lipinski definition) is 5. The molecule has 8 nitrogen and oxygen atoms in total. The summed E-state index contributed by atoms with van der Waals surface area (Å²) in [5.74, 6) is -0.224. The summed E-state index contributed by atoms with van der Waals surface area (Å²) >= 11 is 0. The molecule has 1 aliphatic heterocycles. The zero-order valence-electron chi connectivity index (χ0n) is 17.5. The van der Waals surface area contributed by atoms with Gasteiger partial charge in [-0.3, -0.25) is 9.52 Å². The van der Waals surface area contributed by atoms with Crippen LogP contribution in [0.25, 0.3) is 0 Å². The fourth-order valence-electron chi connectivity index (χ4n) is 3.02. The molecular weight excluding hydrogens is 394 g/mol. The predicted molar refractivity (Wildman–Crippen MR) is 113 cm³/mol. The first-order valence-electron chi connectivity index (χ1n) is 9.88. The fraction of sp³-hybridized carbons (Fsp3) is 0.600. The molecule has 162 valence electrons. The van der Waals surface area contributed by atoms with Crippen LogP contribution in [0.2, 0.25) is 0 Å². The van der Waals surface area contributed by atoms with Gasteiger partial charge in [-0.25, -0.2) is 13.2 Å². The van der Waals surface area contributed by atoms with Crippen LogP contribution < -0.4 is 10.0 Å². The minimum Gasteiger partial charge on any atom is -0.444 e. The molecule has 29 heavy (non-hydrogen) atoms. The van der Waals surface area contributed by atoms with E-state index in [4.69, 9.17) is 4.74 Å². The van der Waals surface area contributed by atoms with E-state index in [9.17, 15) is 18.0 Å². The number of hydrogen-bond donors (Lipinski definition) is 2. The van der Waals surface area contributed by atoms with Gasteiger partial charge >= 0.3 is 6.09 Å². The number of ether oxygens (including phenoxy) is 1. The van der Waals surface area contributed by atoms with Crippen molar-refractivity contribution in [3.8, 4) is 0 Å². The lowest BCUT2D eigenvalue weighted by molar-refractivity contribution is -0.121. The van der Waals surface area contributed by atoms with Crippen molar-refractivity contribution in [1.29, 1.82) is 0 Å². The van der Waals surface area contributed by atoms with E-state index in [-0.39, 0.29) is 23.7 Å². The first-order valence-corrected chi connectivity index (χ1v) is 11.5. The number of piperidine rings is 1. The van der Waals surface area contributed by atoms with Crippen LogP contribution in [0.3, 0.4) is 0 Å². The van der Waals surface area contributed by atoms with Gasteiger partial charge in [-0.05, 0) is 64.3 Å². The van der Waals surface area contributed by atoms with E-state index in [1.165, 1.54) is 0 Å². The maximum atomic E-state index is 12.5. The number of benzene rings is 1. The molecule has 0 bridgehead atoms. The average Bonchev–Trinajstić information content (AvgIpc) is 2.61. The highest BCUT2D eigenvalue weighted by Crippen LogP contribution is 2.22. The third-order valence-corrected chi connectivity index (χ3v) is 5.91. The number of sulfonamides is 1. The number of carbonyl (C=O) groups is 2. The summed E-state index contributed by atoms with van der Waals surface area (Å²) in [5, 5.41) is 2.86. The molecule has 1 aliphatic rings. The number of nitrogens with one attached hydrogen (secondary N) is 2. The Morgan fingerprint density at radius 1 is 1.10 bits per heavy atom. The Hall–Kier alpha value is -2.29. The number of amides is 2. The van der Waals surface area contributed by atoms with Crippen molar-refractivity contribution in [1.82, 2.24) is 4.90 Å². The highest BCUT2D eigenvalue weighted by molar-refractivity contribution is 7.92. The van der Waals surface area contributed by atoms with Crippen LogP contribution in [0.15, 0.2) is 24.3 Å². The summed E-state index contributed by atoms with van der Waals surface area (Å²) in [4.78, 5) is 26.3. The Morgan fingerprint density at radius 2 is 1.66 bits per heavy atom. The Bertz CT molecular complexity index is 808. The standard InChI is InChI=1S/C20H31N3O5S/c1-5-14-29(26,27)22-17-8-6-16(7-9-17)21-18(24)15-10-12-23(13-11-15)19(25)28-20(2,3)4/h6-9,15,22H,5,10-14H2,1-4H3,(H,21,24). The maximum absolute atomic E-state index is 12.5. The van der Waals surface area contributed by atoms with Crippen LogP contribution in [0, 0.1) is 5.92 Å². The van der Waals surface area contributed by atoms with E-state index in [0.29, 0.717) is 43.7 Å². The topological polar surface area (TPSA) is 105 Å². The molecule has 0 unspecified atom stereocenters. The van der Waals surface area contributed by atoms with E-state index in [2.05, 4.69) is 10.0 Å². The normalized spacial score (nSPS) is 15.7. The second kappa shape index (κ2) is 9.47. The van der Waals surface area contributed by atoms with Gasteiger partial charge in [0.25, 0.3) is 0 Å². The lowest BCUT2D eigenvalue weighted by Gasteiger charge is -2.32. The highest BCUT2D eigenvalue weighted by atomic mass is 32.2. The molecule has 0 spiro atoms. The summed E-state index contributed by atoms with van der Waals surface area (Å²) in [6.07, 6.45) is 1.33. The summed E-state index contributed by atoms with van der Waals surface area (Å²) in [5.41, 5.74) is 0.521. The minimum absolute atomic E-state index is 0.0630. The van der Waals surface area contributed by atoms with Gasteiger partial charge in [0.15, 0.2) is 0 Å². The monoisotopic (exact) mass is 425 g/mol. The van der Waals surface area contributed by atoms with Crippen molar-refractivity contribution in [2.45, 2.75) is 52.6 Å². The molecule has 0 aromatic heterocycles. The van der Waals surface area contributed by atoms with E-state index in [1.807, 2.05) is 20.8 Å². The smallest absolute Gasteiger partial charge is 0.410 e. The quantitative estimate of drug-likeness (QED) is 0.727. The van der Waals surface area contributed by atoms with Crippen LogP contribution >= 0.6 is 0 Å². The lowest BCUT2D eigenvalue weighted by Crippen LogP contribution is -2.43. The molecule has 1 heterocycles. The second-order valence-electron chi connectivity index (χ2n) is 8.23. The molecular formula is C20H31N3O5S. The van der Waals surface area contributed by atoms with Crippen LogP contribution in [0.4, 0.5) is 16.2 Å². The molecule has 0 saturated carbocycles. The number of rotatable bonds is 6. The van der Waals surface area contributed by atoms with Crippen molar-refractivity contribution in [3.63, 3.8) is 0 Å². The van der Waals surface area contributed by atoms with Gasteiger partial charge in [-0.2, -0.15) is 0 Å². The third-order valence-electron chi connectivity index (χ3n) is 4.42. The SMILES string of the molecule is CCCS(=O)(=O)Nc1ccc(NC(=O)C2CCN(C(=O)OC(C)(C)C)CC2)cc1. The van der Waals surface area contributed by atoms with Gasteiger partial charge in [-0.15, -0.1) is 0 Å². The molecule has 2 N–H and O–H groups in total. The van der Waals surface area contributed by atoms with Crippen molar-refractivity contribution in [3.05, 3.63) is 24.3 Å². The molecule has 1 aromatic carbocycles.